The molecular formula is C22H23N3O5. The van der Waals surface area contributed by atoms with E-state index in [-0.39, 0.29) is 23.2 Å². The van der Waals surface area contributed by atoms with Gasteiger partial charge in [-0.25, -0.2) is 4.79 Å². The topological polar surface area (TPSA) is 117 Å². The summed E-state index contributed by atoms with van der Waals surface area (Å²) < 4.78 is 5.24. The predicted molar refractivity (Wildman–Crippen MR) is 106 cm³/mol. The molecule has 1 unspecified atom stereocenters. The van der Waals surface area contributed by atoms with Crippen LogP contribution in [-0.4, -0.2) is 46.8 Å². The maximum absolute atomic E-state index is 12.5. The third-order valence-electron chi connectivity index (χ3n) is 5.45. The number of imide groups is 1. The molecule has 0 radical (unpaired) electrons. The maximum Gasteiger partial charge on any atom is 0.338 e. The van der Waals surface area contributed by atoms with Gasteiger partial charge in [-0.1, -0.05) is 25.3 Å². The average Bonchev–Trinajstić information content (AvgIpc) is 2.99. The average molecular weight is 409 g/mol. The SMILES string of the molecule is C=CCN1C(=O)c2ccc(C(=O)OC(C)C(=O)NC3(C#N)CCCCC3)cc2C1=O. The van der Waals surface area contributed by atoms with Crippen molar-refractivity contribution in [1.29, 1.82) is 5.26 Å². The van der Waals surface area contributed by atoms with Gasteiger partial charge in [-0.3, -0.25) is 19.3 Å². The molecule has 1 aromatic carbocycles. The monoisotopic (exact) mass is 409 g/mol. The molecule has 1 aliphatic heterocycles. The maximum atomic E-state index is 12.5. The van der Waals surface area contributed by atoms with E-state index in [4.69, 9.17) is 4.74 Å². The van der Waals surface area contributed by atoms with Gasteiger partial charge in [-0.2, -0.15) is 5.26 Å². The number of amides is 3. The van der Waals surface area contributed by atoms with Crippen molar-refractivity contribution in [2.45, 2.75) is 50.7 Å². The fraction of sp³-hybridized carbons (Fsp3) is 0.409. The van der Waals surface area contributed by atoms with Crippen LogP contribution in [0.2, 0.25) is 0 Å². The van der Waals surface area contributed by atoms with Gasteiger partial charge < -0.3 is 10.1 Å². The number of nitriles is 1. The van der Waals surface area contributed by atoms with Crippen molar-refractivity contribution in [3.63, 3.8) is 0 Å². The highest BCUT2D eigenvalue weighted by Gasteiger charge is 2.37. The number of rotatable bonds is 6. The molecule has 1 N–H and O–H groups in total. The molecule has 3 rings (SSSR count). The van der Waals surface area contributed by atoms with E-state index in [1.54, 1.807) is 0 Å². The van der Waals surface area contributed by atoms with Crippen LogP contribution in [0.4, 0.5) is 0 Å². The minimum atomic E-state index is -1.12. The van der Waals surface area contributed by atoms with E-state index in [2.05, 4.69) is 18.0 Å². The molecule has 1 atom stereocenters. The van der Waals surface area contributed by atoms with E-state index in [0.29, 0.717) is 12.8 Å². The zero-order chi connectivity index (χ0) is 21.9. The summed E-state index contributed by atoms with van der Waals surface area (Å²) in [7, 11) is 0. The molecule has 1 aliphatic carbocycles. The third-order valence-corrected chi connectivity index (χ3v) is 5.45. The summed E-state index contributed by atoms with van der Waals surface area (Å²) in [5.41, 5.74) is -0.551. The summed E-state index contributed by atoms with van der Waals surface area (Å²) in [6.45, 7) is 5.02. The van der Waals surface area contributed by atoms with Gasteiger partial charge in [0.25, 0.3) is 17.7 Å². The number of carbonyl (C=O) groups is 4. The fourth-order valence-corrected chi connectivity index (χ4v) is 3.75. The summed E-state index contributed by atoms with van der Waals surface area (Å²) >= 11 is 0. The van der Waals surface area contributed by atoms with Gasteiger partial charge in [0.2, 0.25) is 0 Å². The Kier molecular flexibility index (Phi) is 6.01. The van der Waals surface area contributed by atoms with Gasteiger partial charge in [0.15, 0.2) is 6.10 Å². The van der Waals surface area contributed by atoms with Crippen molar-refractivity contribution >= 4 is 23.7 Å². The smallest absolute Gasteiger partial charge is 0.338 e. The Morgan fingerprint density at radius 3 is 2.57 bits per heavy atom. The molecule has 0 aromatic heterocycles. The number of carbonyl (C=O) groups excluding carboxylic acids is 4. The van der Waals surface area contributed by atoms with Gasteiger partial charge in [0, 0.05) is 6.54 Å². The molecule has 2 aliphatic rings. The normalized spacial score (nSPS) is 18.2. The second-order valence-electron chi connectivity index (χ2n) is 7.56. The van der Waals surface area contributed by atoms with E-state index >= 15 is 0 Å². The Hall–Kier alpha value is -3.47. The van der Waals surface area contributed by atoms with Crippen molar-refractivity contribution in [1.82, 2.24) is 10.2 Å². The van der Waals surface area contributed by atoms with E-state index in [9.17, 15) is 24.4 Å². The molecule has 0 bridgehead atoms. The zero-order valence-electron chi connectivity index (χ0n) is 16.8. The predicted octanol–water partition coefficient (Wildman–Crippen LogP) is 2.36. The van der Waals surface area contributed by atoms with Gasteiger partial charge in [0.1, 0.15) is 5.54 Å². The molecule has 156 valence electrons. The number of hydrogen-bond donors (Lipinski definition) is 1. The first-order valence-corrected chi connectivity index (χ1v) is 9.87. The number of nitrogens with zero attached hydrogens (tertiary/aromatic N) is 2. The molecule has 8 heteroatoms. The first kappa shape index (κ1) is 21.2. The molecule has 1 aromatic rings. The van der Waals surface area contributed by atoms with E-state index in [1.807, 2.05) is 0 Å². The number of nitrogens with one attached hydrogen (secondary N) is 1. The van der Waals surface area contributed by atoms with Gasteiger partial charge in [-0.15, -0.1) is 6.58 Å². The first-order chi connectivity index (χ1) is 14.3. The lowest BCUT2D eigenvalue weighted by atomic mass is 9.83. The van der Waals surface area contributed by atoms with Crippen LogP contribution in [0.25, 0.3) is 0 Å². The molecule has 8 nitrogen and oxygen atoms in total. The highest BCUT2D eigenvalue weighted by atomic mass is 16.5. The Balaban J connectivity index is 1.69. The van der Waals surface area contributed by atoms with Crippen molar-refractivity contribution in [2.24, 2.45) is 0 Å². The summed E-state index contributed by atoms with van der Waals surface area (Å²) in [5, 5.41) is 12.2. The van der Waals surface area contributed by atoms with E-state index in [0.717, 1.165) is 24.2 Å². The van der Waals surface area contributed by atoms with Crippen molar-refractivity contribution in [3.8, 4) is 6.07 Å². The second-order valence-corrected chi connectivity index (χ2v) is 7.56. The van der Waals surface area contributed by atoms with Crippen LogP contribution in [0.1, 0.15) is 70.1 Å². The quantitative estimate of drug-likeness (QED) is 0.438. The molecule has 30 heavy (non-hydrogen) atoms. The second kappa shape index (κ2) is 8.49. The Morgan fingerprint density at radius 2 is 1.93 bits per heavy atom. The largest absolute Gasteiger partial charge is 0.449 e. The molecule has 1 saturated carbocycles. The first-order valence-electron chi connectivity index (χ1n) is 9.87. The standard InChI is InChI=1S/C22H23N3O5/c1-3-11-25-19(27)16-8-7-15(12-17(16)20(25)28)21(29)30-14(2)18(26)24-22(13-23)9-5-4-6-10-22/h3,7-8,12,14H,1,4-6,9-11H2,2H3,(H,24,26). The Labute approximate surface area is 174 Å². The number of benzene rings is 1. The van der Waals surface area contributed by atoms with Crippen LogP contribution in [0.3, 0.4) is 0 Å². The third kappa shape index (κ3) is 3.96. The highest BCUT2D eigenvalue weighted by Crippen LogP contribution is 2.28. The molecule has 1 heterocycles. The lowest BCUT2D eigenvalue weighted by Gasteiger charge is -2.32. The van der Waals surface area contributed by atoms with Gasteiger partial charge in [-0.05, 0) is 38.0 Å². The Morgan fingerprint density at radius 1 is 1.27 bits per heavy atom. The summed E-state index contributed by atoms with van der Waals surface area (Å²) in [6, 6.07) is 6.26. The summed E-state index contributed by atoms with van der Waals surface area (Å²) in [6.07, 6.45) is 4.19. The fourth-order valence-electron chi connectivity index (χ4n) is 3.75. The minimum Gasteiger partial charge on any atom is -0.449 e. The highest BCUT2D eigenvalue weighted by molar-refractivity contribution is 6.22. The number of esters is 1. The number of ether oxygens (including phenoxy) is 1. The van der Waals surface area contributed by atoms with E-state index < -0.39 is 35.3 Å². The van der Waals surface area contributed by atoms with Gasteiger partial charge in [0.05, 0.1) is 22.8 Å². The van der Waals surface area contributed by atoms with Crippen molar-refractivity contribution in [2.75, 3.05) is 6.54 Å². The van der Waals surface area contributed by atoms with Crippen LogP contribution in [-0.2, 0) is 9.53 Å². The number of hydrogen-bond acceptors (Lipinski definition) is 6. The van der Waals surface area contributed by atoms with Crippen LogP contribution in [0.15, 0.2) is 30.9 Å². The lowest BCUT2D eigenvalue weighted by molar-refractivity contribution is -0.130. The van der Waals surface area contributed by atoms with E-state index in [1.165, 1.54) is 31.2 Å². The lowest BCUT2D eigenvalue weighted by Crippen LogP contribution is -2.52. The molecule has 0 saturated heterocycles. The molecule has 1 fully saturated rings. The molecule has 0 spiro atoms. The molecular weight excluding hydrogens is 386 g/mol. The van der Waals surface area contributed by atoms with Crippen molar-refractivity contribution in [3.05, 3.63) is 47.5 Å². The van der Waals surface area contributed by atoms with Gasteiger partial charge >= 0.3 is 5.97 Å². The van der Waals surface area contributed by atoms with Crippen LogP contribution >= 0.6 is 0 Å². The van der Waals surface area contributed by atoms with Crippen LogP contribution < -0.4 is 5.32 Å². The van der Waals surface area contributed by atoms with Crippen molar-refractivity contribution < 1.29 is 23.9 Å². The molecule has 3 amide bonds. The number of fused-ring (bicyclic) bond motifs is 1. The minimum absolute atomic E-state index is 0.0580. The zero-order valence-corrected chi connectivity index (χ0v) is 16.8. The van der Waals surface area contributed by atoms with Crippen LogP contribution in [0, 0.1) is 11.3 Å². The van der Waals surface area contributed by atoms with Crippen LogP contribution in [0.5, 0.6) is 0 Å². The summed E-state index contributed by atoms with van der Waals surface area (Å²) in [5.74, 6) is -2.30. The summed E-state index contributed by atoms with van der Waals surface area (Å²) in [4.78, 5) is 50.7. The Bertz CT molecular complexity index is 956.